The molecule has 116 valence electrons. The van der Waals surface area contributed by atoms with Crippen LogP contribution < -0.4 is 0 Å². The fraction of sp³-hybridized carbons (Fsp3) is 0.529. The molecule has 3 amide bonds. The second-order valence-corrected chi connectivity index (χ2v) is 6.67. The highest BCUT2D eigenvalue weighted by atomic mass is 19.1. The molecule has 0 N–H and O–H groups in total. The van der Waals surface area contributed by atoms with Crippen LogP contribution in [0.3, 0.4) is 0 Å². The van der Waals surface area contributed by atoms with Crippen molar-refractivity contribution < 1.29 is 14.0 Å². The number of amides is 3. The maximum atomic E-state index is 14.1. The van der Waals surface area contributed by atoms with Crippen molar-refractivity contribution in [1.82, 2.24) is 9.80 Å². The van der Waals surface area contributed by atoms with Gasteiger partial charge in [0, 0.05) is 18.5 Å². The highest BCUT2D eigenvalue weighted by molar-refractivity contribution is 6.04. The molecule has 0 aromatic heterocycles. The smallest absolute Gasteiger partial charge is 0.312 e. The molecule has 0 spiro atoms. The van der Waals surface area contributed by atoms with Crippen LogP contribution in [0.15, 0.2) is 24.3 Å². The molecule has 0 bridgehead atoms. The number of nitrogens with zero attached hydrogens (tertiary/aromatic N) is 2. The highest BCUT2D eigenvalue weighted by Gasteiger charge is 2.53. The Morgan fingerprint density at radius 3 is 2.64 bits per heavy atom. The minimum atomic E-state index is -0.370. The van der Waals surface area contributed by atoms with Gasteiger partial charge >= 0.3 is 6.03 Å². The van der Waals surface area contributed by atoms with Crippen molar-refractivity contribution in [3.05, 3.63) is 35.6 Å². The molecule has 4 nitrogen and oxygen atoms in total. The fourth-order valence-electron chi connectivity index (χ4n) is 3.85. The number of benzene rings is 1. The average molecular weight is 302 g/mol. The molecule has 2 aliphatic heterocycles. The minimum Gasteiger partial charge on any atom is -0.312 e. The number of rotatable bonds is 3. The number of hydrogen-bond donors (Lipinski definition) is 0. The highest BCUT2D eigenvalue weighted by Crippen LogP contribution is 2.50. The van der Waals surface area contributed by atoms with Crippen LogP contribution in [0.4, 0.5) is 9.18 Å². The molecule has 1 aromatic rings. The Labute approximate surface area is 128 Å². The predicted octanol–water partition coefficient (Wildman–Crippen LogP) is 2.67. The molecule has 3 fully saturated rings. The molecule has 22 heavy (non-hydrogen) atoms. The quantitative estimate of drug-likeness (QED) is 0.805. The van der Waals surface area contributed by atoms with E-state index in [0.717, 1.165) is 32.1 Å². The summed E-state index contributed by atoms with van der Waals surface area (Å²) in [6.07, 6.45) is 4.37. The summed E-state index contributed by atoms with van der Waals surface area (Å²) in [5.74, 6) is -0.330. The van der Waals surface area contributed by atoms with Crippen LogP contribution in [0.1, 0.15) is 37.7 Å². The summed E-state index contributed by atoms with van der Waals surface area (Å²) in [6, 6.07) is 6.25. The van der Waals surface area contributed by atoms with Gasteiger partial charge in [0.1, 0.15) is 11.9 Å². The Morgan fingerprint density at radius 1 is 1.18 bits per heavy atom. The van der Waals surface area contributed by atoms with Gasteiger partial charge in [0.15, 0.2) is 0 Å². The van der Waals surface area contributed by atoms with Gasteiger partial charge in [-0.15, -0.1) is 0 Å². The topological polar surface area (TPSA) is 40.6 Å². The summed E-state index contributed by atoms with van der Waals surface area (Å²) < 4.78 is 14.1. The van der Waals surface area contributed by atoms with E-state index in [1.807, 2.05) is 6.07 Å². The Bertz CT molecular complexity index is 617. The lowest BCUT2D eigenvalue weighted by Gasteiger charge is -2.26. The number of carbonyl (C=O) groups excluding carboxylic acids is 2. The molecule has 2 heterocycles. The average Bonchev–Trinajstić information content (AvgIpc) is 3.28. The van der Waals surface area contributed by atoms with E-state index in [2.05, 4.69) is 0 Å². The van der Waals surface area contributed by atoms with E-state index in [0.29, 0.717) is 18.7 Å². The van der Waals surface area contributed by atoms with Gasteiger partial charge in [-0.25, -0.2) is 9.18 Å². The summed E-state index contributed by atoms with van der Waals surface area (Å²) >= 11 is 0. The number of halogens is 1. The first-order valence-electron chi connectivity index (χ1n) is 7.99. The van der Waals surface area contributed by atoms with Crippen LogP contribution in [0.5, 0.6) is 0 Å². The summed E-state index contributed by atoms with van der Waals surface area (Å²) in [7, 11) is 0. The third-order valence-corrected chi connectivity index (χ3v) is 5.29. The molecule has 1 aliphatic carbocycles. The van der Waals surface area contributed by atoms with Crippen molar-refractivity contribution in [2.45, 2.75) is 43.6 Å². The van der Waals surface area contributed by atoms with Crippen LogP contribution in [0, 0.1) is 5.82 Å². The lowest BCUT2D eigenvalue weighted by Crippen LogP contribution is -2.39. The lowest BCUT2D eigenvalue weighted by molar-refractivity contribution is -0.129. The zero-order chi connectivity index (χ0) is 15.3. The van der Waals surface area contributed by atoms with Crippen LogP contribution in [0.25, 0.3) is 0 Å². The minimum absolute atomic E-state index is 0.0904. The van der Waals surface area contributed by atoms with Crippen molar-refractivity contribution in [1.29, 1.82) is 0 Å². The predicted molar refractivity (Wildman–Crippen MR) is 78.8 cm³/mol. The van der Waals surface area contributed by atoms with Crippen LogP contribution >= 0.6 is 0 Å². The maximum absolute atomic E-state index is 14.1. The van der Waals surface area contributed by atoms with E-state index in [-0.39, 0.29) is 29.2 Å². The largest absolute Gasteiger partial charge is 0.327 e. The standard InChI is InChI=1S/C17H19FN2O2/c18-13-6-2-1-5-12(13)17(8-9-17)11-20-15(21)14-7-3-4-10-19(14)16(20)22/h1-2,5-6,14H,3-4,7-11H2/t14-/m0/s1. The van der Waals surface area contributed by atoms with Crippen molar-refractivity contribution in [3.63, 3.8) is 0 Å². The van der Waals surface area contributed by atoms with Crippen molar-refractivity contribution in [3.8, 4) is 0 Å². The zero-order valence-corrected chi connectivity index (χ0v) is 12.4. The van der Waals surface area contributed by atoms with Crippen molar-refractivity contribution in [2.75, 3.05) is 13.1 Å². The molecular weight excluding hydrogens is 283 g/mol. The first-order chi connectivity index (χ1) is 10.6. The van der Waals surface area contributed by atoms with E-state index in [9.17, 15) is 14.0 Å². The maximum Gasteiger partial charge on any atom is 0.327 e. The lowest BCUT2D eigenvalue weighted by atomic mass is 9.94. The number of urea groups is 1. The van der Waals surface area contributed by atoms with Crippen LogP contribution in [-0.4, -0.2) is 40.9 Å². The van der Waals surface area contributed by atoms with Crippen molar-refractivity contribution in [2.24, 2.45) is 0 Å². The van der Waals surface area contributed by atoms with E-state index in [1.54, 1.807) is 17.0 Å². The van der Waals surface area contributed by atoms with Gasteiger partial charge in [0.25, 0.3) is 5.91 Å². The van der Waals surface area contributed by atoms with E-state index in [4.69, 9.17) is 0 Å². The molecule has 3 aliphatic rings. The van der Waals surface area contributed by atoms with Crippen LogP contribution in [0.2, 0.25) is 0 Å². The second-order valence-electron chi connectivity index (χ2n) is 6.67. The molecular formula is C17H19FN2O2. The van der Waals surface area contributed by atoms with Gasteiger partial charge < -0.3 is 4.90 Å². The summed E-state index contributed by atoms with van der Waals surface area (Å²) in [5.41, 5.74) is 0.270. The molecule has 2 saturated heterocycles. The molecule has 5 heteroatoms. The Hall–Kier alpha value is -1.91. The third kappa shape index (κ3) is 1.95. The Balaban J connectivity index is 1.60. The Kier molecular flexibility index (Phi) is 2.99. The monoisotopic (exact) mass is 302 g/mol. The summed E-state index contributed by atoms with van der Waals surface area (Å²) in [4.78, 5) is 28.1. The molecule has 1 saturated carbocycles. The van der Waals surface area contributed by atoms with Gasteiger partial charge in [-0.1, -0.05) is 18.2 Å². The number of piperidine rings is 1. The number of hydrogen-bond acceptors (Lipinski definition) is 2. The van der Waals surface area contributed by atoms with E-state index in [1.165, 1.54) is 11.0 Å². The molecule has 1 atom stereocenters. The third-order valence-electron chi connectivity index (χ3n) is 5.29. The van der Waals surface area contributed by atoms with E-state index >= 15 is 0 Å². The SMILES string of the molecule is O=C1[C@@H]2CCCCN2C(=O)N1CC1(c2ccccc2F)CC1. The number of fused-ring (bicyclic) bond motifs is 1. The molecule has 0 radical (unpaired) electrons. The molecule has 1 aromatic carbocycles. The first-order valence-corrected chi connectivity index (χ1v) is 7.99. The summed E-state index contributed by atoms with van der Waals surface area (Å²) in [6.45, 7) is 0.983. The zero-order valence-electron chi connectivity index (χ0n) is 12.4. The van der Waals surface area contributed by atoms with Crippen LogP contribution in [-0.2, 0) is 10.2 Å². The van der Waals surface area contributed by atoms with Gasteiger partial charge in [-0.2, -0.15) is 0 Å². The van der Waals surface area contributed by atoms with Gasteiger partial charge in [-0.05, 0) is 43.7 Å². The summed E-state index contributed by atoms with van der Waals surface area (Å²) in [5, 5.41) is 0. The van der Waals surface area contributed by atoms with Crippen molar-refractivity contribution >= 4 is 11.9 Å². The number of carbonyl (C=O) groups is 2. The van der Waals surface area contributed by atoms with E-state index < -0.39 is 0 Å². The first kappa shape index (κ1) is 13.7. The normalized spacial score (nSPS) is 26.3. The van der Waals surface area contributed by atoms with Gasteiger partial charge in [-0.3, -0.25) is 9.69 Å². The number of imide groups is 1. The van der Waals surface area contributed by atoms with Gasteiger partial charge in [0.2, 0.25) is 0 Å². The molecule has 4 rings (SSSR count). The van der Waals surface area contributed by atoms with Gasteiger partial charge in [0.05, 0.1) is 0 Å². The fourth-order valence-corrected chi connectivity index (χ4v) is 3.85. The Morgan fingerprint density at radius 2 is 1.95 bits per heavy atom. The second kappa shape index (κ2) is 4.80. The molecule has 0 unspecified atom stereocenters.